The quantitative estimate of drug-likeness (QED) is 0.529. The van der Waals surface area contributed by atoms with Gasteiger partial charge in [0.05, 0.1) is 19.4 Å². The molecule has 0 atom stereocenters. The van der Waals surface area contributed by atoms with E-state index in [0.29, 0.717) is 17.7 Å². The zero-order valence-electron chi connectivity index (χ0n) is 15.4. The topological polar surface area (TPSA) is 93.8 Å². The summed E-state index contributed by atoms with van der Waals surface area (Å²) >= 11 is 0. The predicted molar refractivity (Wildman–Crippen MR) is 105 cm³/mol. The molecule has 0 bridgehead atoms. The van der Waals surface area contributed by atoms with Gasteiger partial charge in [-0.15, -0.1) is 0 Å². The number of aliphatic imine (C=N–C) groups is 1. The molecular formula is C19H24FN3O3S. The average Bonchev–Trinajstić information content (AvgIpc) is 2.61. The summed E-state index contributed by atoms with van der Waals surface area (Å²) in [6, 6.07) is 11.7. The molecule has 0 heterocycles. The molecule has 146 valence electrons. The van der Waals surface area contributed by atoms with Gasteiger partial charge >= 0.3 is 0 Å². The van der Waals surface area contributed by atoms with Crippen LogP contribution in [0.25, 0.3) is 0 Å². The Morgan fingerprint density at radius 2 is 1.89 bits per heavy atom. The fraction of sp³-hybridized carbons (Fsp3) is 0.316. The second-order valence-electron chi connectivity index (χ2n) is 6.21. The summed E-state index contributed by atoms with van der Waals surface area (Å²) in [4.78, 5) is 4.19. The van der Waals surface area contributed by atoms with Gasteiger partial charge in [-0.2, -0.15) is 0 Å². The van der Waals surface area contributed by atoms with Crippen molar-refractivity contribution in [2.24, 2.45) is 10.7 Å². The van der Waals surface area contributed by atoms with Gasteiger partial charge in [-0.1, -0.05) is 18.2 Å². The van der Waals surface area contributed by atoms with Crippen LogP contribution in [-0.2, 0) is 28.6 Å². The van der Waals surface area contributed by atoms with Crippen LogP contribution < -0.4 is 15.8 Å². The Bertz CT molecular complexity index is 897. The van der Waals surface area contributed by atoms with Gasteiger partial charge in [0.2, 0.25) is 0 Å². The normalized spacial score (nSPS) is 12.0. The highest BCUT2D eigenvalue weighted by Gasteiger charge is 2.10. The van der Waals surface area contributed by atoms with Crippen molar-refractivity contribution in [2.45, 2.75) is 18.7 Å². The Balaban J connectivity index is 1.93. The van der Waals surface area contributed by atoms with Crippen molar-refractivity contribution in [1.29, 1.82) is 0 Å². The molecule has 0 aliphatic heterocycles. The van der Waals surface area contributed by atoms with E-state index in [1.165, 1.54) is 18.2 Å². The number of rotatable bonds is 8. The van der Waals surface area contributed by atoms with Crippen LogP contribution >= 0.6 is 0 Å². The third-order valence-electron chi connectivity index (χ3n) is 3.88. The number of guanidine groups is 1. The summed E-state index contributed by atoms with van der Waals surface area (Å²) in [5.41, 5.74) is 8.00. The van der Waals surface area contributed by atoms with Crippen LogP contribution in [-0.4, -0.2) is 34.3 Å². The minimum Gasteiger partial charge on any atom is -0.497 e. The van der Waals surface area contributed by atoms with E-state index in [9.17, 15) is 12.8 Å². The van der Waals surface area contributed by atoms with Crippen LogP contribution in [0.2, 0.25) is 0 Å². The summed E-state index contributed by atoms with van der Waals surface area (Å²) in [5.74, 6) is 0.414. The molecule has 2 rings (SSSR count). The number of methoxy groups -OCH3 is 1. The van der Waals surface area contributed by atoms with Crippen molar-refractivity contribution in [3.05, 3.63) is 65.0 Å². The van der Waals surface area contributed by atoms with E-state index < -0.39 is 15.7 Å². The largest absolute Gasteiger partial charge is 0.497 e. The van der Waals surface area contributed by atoms with Crippen LogP contribution in [0.5, 0.6) is 5.75 Å². The third-order valence-corrected chi connectivity index (χ3v) is 4.72. The Hall–Kier alpha value is -2.61. The maximum absolute atomic E-state index is 13.5. The van der Waals surface area contributed by atoms with Crippen molar-refractivity contribution in [3.8, 4) is 5.75 Å². The van der Waals surface area contributed by atoms with Crippen molar-refractivity contribution < 1.29 is 17.5 Å². The number of nitrogens with zero attached hydrogens (tertiary/aromatic N) is 1. The molecule has 2 aromatic carbocycles. The summed E-state index contributed by atoms with van der Waals surface area (Å²) in [7, 11) is -1.61. The number of benzene rings is 2. The Morgan fingerprint density at radius 1 is 1.19 bits per heavy atom. The smallest absolute Gasteiger partial charge is 0.188 e. The highest BCUT2D eigenvalue weighted by molar-refractivity contribution is 7.89. The van der Waals surface area contributed by atoms with Gasteiger partial charge < -0.3 is 15.8 Å². The minimum absolute atomic E-state index is 0.101. The highest BCUT2D eigenvalue weighted by atomic mass is 32.2. The SMILES string of the molecule is COc1ccc(CCNC(N)=NCc2cc(F)ccc2CS(C)(=O)=O)cc1. The molecule has 27 heavy (non-hydrogen) atoms. The van der Waals surface area contributed by atoms with Gasteiger partial charge in [-0.05, 0) is 47.4 Å². The number of ether oxygens (including phenoxy) is 1. The first-order valence-electron chi connectivity index (χ1n) is 8.38. The van der Waals surface area contributed by atoms with Crippen LogP contribution in [0.1, 0.15) is 16.7 Å². The van der Waals surface area contributed by atoms with Crippen LogP contribution in [0.15, 0.2) is 47.5 Å². The minimum atomic E-state index is -3.23. The zero-order valence-corrected chi connectivity index (χ0v) is 16.2. The molecule has 8 heteroatoms. The fourth-order valence-electron chi connectivity index (χ4n) is 2.52. The fourth-order valence-corrected chi connectivity index (χ4v) is 3.36. The first kappa shape index (κ1) is 20.7. The van der Waals surface area contributed by atoms with Gasteiger partial charge in [0.25, 0.3) is 0 Å². The lowest BCUT2D eigenvalue weighted by atomic mass is 10.1. The van der Waals surface area contributed by atoms with Crippen molar-refractivity contribution in [1.82, 2.24) is 5.32 Å². The van der Waals surface area contributed by atoms with E-state index >= 15 is 0 Å². The van der Waals surface area contributed by atoms with Crippen LogP contribution in [0.4, 0.5) is 4.39 Å². The molecule has 0 aromatic heterocycles. The number of nitrogens with two attached hydrogens (primary N) is 1. The molecular weight excluding hydrogens is 369 g/mol. The highest BCUT2D eigenvalue weighted by Crippen LogP contribution is 2.15. The number of halogens is 1. The molecule has 0 saturated heterocycles. The molecule has 0 aliphatic rings. The van der Waals surface area contributed by atoms with E-state index in [0.717, 1.165) is 24.0 Å². The molecule has 0 aliphatic carbocycles. The summed E-state index contributed by atoms with van der Waals surface area (Å²) < 4.78 is 41.6. The van der Waals surface area contributed by atoms with Gasteiger partial charge in [0, 0.05) is 12.8 Å². The second-order valence-corrected chi connectivity index (χ2v) is 8.35. The van der Waals surface area contributed by atoms with Gasteiger partial charge in [0.15, 0.2) is 15.8 Å². The molecule has 3 N–H and O–H groups in total. The van der Waals surface area contributed by atoms with Crippen LogP contribution in [0, 0.1) is 5.82 Å². The maximum atomic E-state index is 13.5. The number of sulfone groups is 1. The van der Waals surface area contributed by atoms with Crippen molar-refractivity contribution in [2.75, 3.05) is 19.9 Å². The monoisotopic (exact) mass is 393 g/mol. The van der Waals surface area contributed by atoms with Crippen molar-refractivity contribution in [3.63, 3.8) is 0 Å². The standard InChI is InChI=1S/C19H24FN3O3S/c1-26-18-7-3-14(4-8-18)9-10-22-19(21)23-12-16-11-17(20)6-5-15(16)13-27(2,24)25/h3-8,11H,9-10,12-13H2,1-2H3,(H3,21,22,23). The van der Waals surface area contributed by atoms with Gasteiger partial charge in [0.1, 0.15) is 11.6 Å². The van der Waals surface area contributed by atoms with E-state index in [1.54, 1.807) is 7.11 Å². The Labute approximate surface area is 159 Å². The van der Waals surface area contributed by atoms with E-state index in [-0.39, 0.29) is 18.3 Å². The summed E-state index contributed by atoms with van der Waals surface area (Å²) in [5, 5.41) is 3.00. The molecule has 0 unspecified atom stereocenters. The summed E-state index contributed by atoms with van der Waals surface area (Å²) in [6.45, 7) is 0.686. The molecule has 0 spiro atoms. The van der Waals surface area contributed by atoms with Gasteiger partial charge in [-0.3, -0.25) is 0 Å². The molecule has 0 saturated carbocycles. The lowest BCUT2D eigenvalue weighted by molar-refractivity contribution is 0.414. The lowest BCUT2D eigenvalue weighted by Crippen LogP contribution is -2.33. The van der Waals surface area contributed by atoms with E-state index in [4.69, 9.17) is 10.5 Å². The van der Waals surface area contributed by atoms with Crippen molar-refractivity contribution >= 4 is 15.8 Å². The van der Waals surface area contributed by atoms with Gasteiger partial charge in [-0.25, -0.2) is 17.8 Å². The predicted octanol–water partition coefficient (Wildman–Crippen LogP) is 2.03. The first-order valence-corrected chi connectivity index (χ1v) is 10.4. The lowest BCUT2D eigenvalue weighted by Gasteiger charge is -2.09. The third kappa shape index (κ3) is 7.26. The number of nitrogens with one attached hydrogen (secondary N) is 1. The van der Waals surface area contributed by atoms with E-state index in [1.807, 2.05) is 24.3 Å². The molecule has 0 amide bonds. The van der Waals surface area contributed by atoms with E-state index in [2.05, 4.69) is 10.3 Å². The second kappa shape index (κ2) is 9.36. The van der Waals surface area contributed by atoms with Crippen LogP contribution in [0.3, 0.4) is 0 Å². The Morgan fingerprint density at radius 3 is 2.52 bits per heavy atom. The maximum Gasteiger partial charge on any atom is 0.188 e. The first-order chi connectivity index (χ1) is 12.8. The molecule has 0 radical (unpaired) electrons. The Kier molecular flexibility index (Phi) is 7.18. The number of hydrogen-bond donors (Lipinski definition) is 2. The zero-order chi connectivity index (χ0) is 19.9. The average molecular weight is 393 g/mol. The molecule has 2 aromatic rings. The molecule has 6 nitrogen and oxygen atoms in total. The number of hydrogen-bond acceptors (Lipinski definition) is 4. The summed E-state index contributed by atoms with van der Waals surface area (Å²) in [6.07, 6.45) is 1.89. The molecule has 0 fully saturated rings.